The van der Waals surface area contributed by atoms with E-state index in [9.17, 15) is 14.7 Å². The topological polar surface area (TPSA) is 97.9 Å². The number of hydrogen-bond acceptors (Lipinski definition) is 4. The maximum atomic E-state index is 13.1. The van der Waals surface area contributed by atoms with E-state index in [0.29, 0.717) is 11.3 Å². The lowest BCUT2D eigenvalue weighted by molar-refractivity contribution is -0.0156. The third-order valence-electron chi connectivity index (χ3n) is 3.89. The molecule has 0 aliphatic heterocycles. The standard InChI is InChI=1S/C19H22N4O4/c1-19(2,3)27-12-14(20-17(24)25)16-21-15-10-7-11-22(15)18(26)23(16)13-8-5-4-6-9-13/h4-11,14,20H,12H2,1-3H3,(H,24,25). The molecule has 0 radical (unpaired) electrons. The highest BCUT2D eigenvalue weighted by atomic mass is 16.5. The molecule has 0 aliphatic carbocycles. The van der Waals surface area contributed by atoms with E-state index < -0.39 is 17.7 Å². The van der Waals surface area contributed by atoms with Gasteiger partial charge in [0.05, 0.1) is 17.9 Å². The summed E-state index contributed by atoms with van der Waals surface area (Å²) in [5.74, 6) is 0.268. The van der Waals surface area contributed by atoms with Gasteiger partial charge in [-0.15, -0.1) is 0 Å². The molecule has 3 aromatic rings. The summed E-state index contributed by atoms with van der Waals surface area (Å²) in [4.78, 5) is 29.0. The summed E-state index contributed by atoms with van der Waals surface area (Å²) < 4.78 is 8.60. The van der Waals surface area contributed by atoms with Gasteiger partial charge in [-0.25, -0.2) is 19.1 Å². The lowest BCUT2D eigenvalue weighted by atomic mass is 10.2. The summed E-state index contributed by atoms with van der Waals surface area (Å²) >= 11 is 0. The van der Waals surface area contributed by atoms with Gasteiger partial charge >= 0.3 is 11.8 Å². The van der Waals surface area contributed by atoms with E-state index in [0.717, 1.165) is 0 Å². The van der Waals surface area contributed by atoms with Crippen LogP contribution in [0.25, 0.3) is 11.3 Å². The molecule has 8 nitrogen and oxygen atoms in total. The third-order valence-corrected chi connectivity index (χ3v) is 3.89. The molecule has 0 bridgehead atoms. The molecule has 0 fully saturated rings. The van der Waals surface area contributed by atoms with E-state index in [1.54, 1.807) is 42.6 Å². The first-order valence-electron chi connectivity index (χ1n) is 8.55. The number of aromatic nitrogens is 3. The number of nitrogens with one attached hydrogen (secondary N) is 1. The number of carbonyl (C=O) groups is 1. The number of amides is 1. The fourth-order valence-electron chi connectivity index (χ4n) is 2.71. The molecule has 0 saturated carbocycles. The normalized spacial score (nSPS) is 12.9. The van der Waals surface area contributed by atoms with E-state index in [1.807, 2.05) is 26.8 Å². The number of ether oxygens (including phenoxy) is 1. The van der Waals surface area contributed by atoms with Crippen molar-refractivity contribution >= 4 is 11.7 Å². The minimum Gasteiger partial charge on any atom is -0.465 e. The smallest absolute Gasteiger partial charge is 0.405 e. The predicted octanol–water partition coefficient (Wildman–Crippen LogP) is 2.61. The molecule has 27 heavy (non-hydrogen) atoms. The molecule has 142 valence electrons. The zero-order chi connectivity index (χ0) is 19.6. The van der Waals surface area contributed by atoms with Gasteiger partial charge in [-0.3, -0.25) is 4.40 Å². The lowest BCUT2D eigenvalue weighted by Crippen LogP contribution is -2.39. The maximum Gasteiger partial charge on any atom is 0.405 e. The molecule has 8 heteroatoms. The van der Waals surface area contributed by atoms with Gasteiger partial charge in [0.2, 0.25) is 0 Å². The van der Waals surface area contributed by atoms with Crippen molar-refractivity contribution in [1.82, 2.24) is 19.3 Å². The van der Waals surface area contributed by atoms with Gasteiger partial charge in [0.15, 0.2) is 0 Å². The number of rotatable bonds is 5. The fourth-order valence-corrected chi connectivity index (χ4v) is 2.71. The van der Waals surface area contributed by atoms with Gasteiger partial charge in [-0.2, -0.15) is 0 Å². The predicted molar refractivity (Wildman–Crippen MR) is 100 cm³/mol. The Labute approximate surface area is 156 Å². The van der Waals surface area contributed by atoms with Crippen LogP contribution in [0.2, 0.25) is 0 Å². The Bertz CT molecular complexity index is 1000. The van der Waals surface area contributed by atoms with Crippen LogP contribution in [-0.4, -0.2) is 37.4 Å². The molecule has 3 rings (SSSR count). The molecule has 0 saturated heterocycles. The van der Waals surface area contributed by atoms with Crippen molar-refractivity contribution in [1.29, 1.82) is 0 Å². The van der Waals surface area contributed by atoms with Crippen LogP contribution in [0.1, 0.15) is 32.6 Å². The summed E-state index contributed by atoms with van der Waals surface area (Å²) in [5, 5.41) is 11.7. The summed E-state index contributed by atoms with van der Waals surface area (Å²) in [6, 6.07) is 11.6. The maximum absolute atomic E-state index is 13.1. The summed E-state index contributed by atoms with van der Waals surface area (Å²) in [6.45, 7) is 5.66. The first kappa shape index (κ1) is 18.7. The second-order valence-corrected chi connectivity index (χ2v) is 7.09. The minimum atomic E-state index is -1.22. The fraction of sp³-hybridized carbons (Fsp3) is 0.316. The average Bonchev–Trinajstić information content (AvgIpc) is 3.07. The van der Waals surface area contributed by atoms with Gasteiger partial charge in [-0.05, 0) is 45.0 Å². The molecule has 2 aromatic heterocycles. The zero-order valence-electron chi connectivity index (χ0n) is 15.4. The summed E-state index contributed by atoms with van der Waals surface area (Å²) in [7, 11) is 0. The van der Waals surface area contributed by atoms with E-state index in [-0.39, 0.29) is 18.1 Å². The monoisotopic (exact) mass is 370 g/mol. The van der Waals surface area contributed by atoms with Crippen LogP contribution in [0.4, 0.5) is 4.79 Å². The molecule has 0 aliphatic rings. The lowest BCUT2D eigenvalue weighted by Gasteiger charge is -2.25. The van der Waals surface area contributed by atoms with E-state index in [2.05, 4.69) is 10.3 Å². The van der Waals surface area contributed by atoms with Crippen LogP contribution in [0.15, 0.2) is 53.5 Å². The van der Waals surface area contributed by atoms with Crippen molar-refractivity contribution in [3.8, 4) is 5.69 Å². The summed E-state index contributed by atoms with van der Waals surface area (Å²) in [5.41, 5.74) is 0.220. The van der Waals surface area contributed by atoms with Crippen LogP contribution in [0.5, 0.6) is 0 Å². The zero-order valence-corrected chi connectivity index (χ0v) is 15.4. The minimum absolute atomic E-state index is 0.0337. The Morgan fingerprint density at radius 2 is 1.93 bits per heavy atom. The van der Waals surface area contributed by atoms with Crippen LogP contribution in [-0.2, 0) is 4.74 Å². The highest BCUT2D eigenvalue weighted by Crippen LogP contribution is 2.19. The SMILES string of the molecule is CC(C)(C)OCC(NC(=O)O)c1nc2cccn2c(=O)n1-c1ccccc1. The van der Waals surface area contributed by atoms with Gasteiger partial charge < -0.3 is 15.2 Å². The number of para-hydroxylation sites is 1. The quantitative estimate of drug-likeness (QED) is 0.719. The largest absolute Gasteiger partial charge is 0.465 e. The van der Waals surface area contributed by atoms with Gasteiger partial charge in [0.25, 0.3) is 0 Å². The van der Waals surface area contributed by atoms with Crippen LogP contribution < -0.4 is 11.0 Å². The molecule has 2 N–H and O–H groups in total. The van der Waals surface area contributed by atoms with E-state index >= 15 is 0 Å². The molecule has 1 aromatic carbocycles. The van der Waals surface area contributed by atoms with Crippen molar-refractivity contribution in [3.63, 3.8) is 0 Å². The molecule has 1 amide bonds. The number of nitrogens with zero attached hydrogens (tertiary/aromatic N) is 3. The Morgan fingerprint density at radius 3 is 2.56 bits per heavy atom. The average molecular weight is 370 g/mol. The molecular weight excluding hydrogens is 348 g/mol. The Balaban J connectivity index is 2.19. The molecular formula is C19H22N4O4. The third kappa shape index (κ3) is 4.17. The van der Waals surface area contributed by atoms with E-state index in [1.165, 1.54) is 8.97 Å². The Hall–Kier alpha value is -3.13. The Kier molecular flexibility index (Phi) is 5.00. The molecule has 2 heterocycles. The molecule has 0 spiro atoms. The van der Waals surface area contributed by atoms with Crippen molar-refractivity contribution in [2.75, 3.05) is 6.61 Å². The first-order chi connectivity index (χ1) is 12.8. The van der Waals surface area contributed by atoms with Crippen molar-refractivity contribution in [2.45, 2.75) is 32.4 Å². The van der Waals surface area contributed by atoms with Crippen molar-refractivity contribution < 1.29 is 14.6 Å². The highest BCUT2D eigenvalue weighted by molar-refractivity contribution is 5.65. The van der Waals surface area contributed by atoms with Gasteiger partial charge in [0, 0.05) is 6.20 Å². The van der Waals surface area contributed by atoms with Crippen LogP contribution in [0.3, 0.4) is 0 Å². The van der Waals surface area contributed by atoms with Crippen molar-refractivity contribution in [3.05, 3.63) is 65.0 Å². The second-order valence-electron chi connectivity index (χ2n) is 7.09. The first-order valence-corrected chi connectivity index (χ1v) is 8.55. The van der Waals surface area contributed by atoms with Crippen LogP contribution >= 0.6 is 0 Å². The summed E-state index contributed by atoms with van der Waals surface area (Å²) in [6.07, 6.45) is 0.403. The Morgan fingerprint density at radius 1 is 1.22 bits per heavy atom. The van der Waals surface area contributed by atoms with Crippen molar-refractivity contribution in [2.24, 2.45) is 0 Å². The van der Waals surface area contributed by atoms with E-state index in [4.69, 9.17) is 4.74 Å². The van der Waals surface area contributed by atoms with Gasteiger partial charge in [0.1, 0.15) is 17.5 Å². The number of carboxylic acid groups (broad SMARTS) is 1. The number of fused-ring (bicyclic) bond motifs is 1. The molecule has 1 atom stereocenters. The number of benzene rings is 1. The number of hydrogen-bond donors (Lipinski definition) is 2. The van der Waals surface area contributed by atoms with Crippen LogP contribution in [0, 0.1) is 0 Å². The second kappa shape index (κ2) is 7.24. The highest BCUT2D eigenvalue weighted by Gasteiger charge is 2.25. The molecule has 1 unspecified atom stereocenters. The van der Waals surface area contributed by atoms with Gasteiger partial charge in [-0.1, -0.05) is 18.2 Å².